The van der Waals surface area contributed by atoms with Crippen molar-refractivity contribution in [3.63, 3.8) is 0 Å². The predicted octanol–water partition coefficient (Wildman–Crippen LogP) is 4.65. The molecule has 10 nitrogen and oxygen atoms in total. The van der Waals surface area contributed by atoms with Crippen molar-refractivity contribution in [2.45, 2.75) is 69.8 Å². The molecule has 3 aromatic heterocycles. The SMILES string of the molecule is Cn1nc(C(F)F)cc1Nc1nncn1[C@H]1CCc2sc(NC(=O)C3CC(F)C3)c(C(=O)NCC3CC(F)C3)c2C1. The highest BCUT2D eigenvalue weighted by atomic mass is 32.1. The molecule has 6 rings (SSSR count). The highest BCUT2D eigenvalue weighted by molar-refractivity contribution is 7.17. The fraction of sp³-hybridized carbons (Fsp3) is 0.577. The molecule has 15 heteroatoms. The van der Waals surface area contributed by atoms with E-state index in [4.69, 9.17) is 0 Å². The van der Waals surface area contributed by atoms with Crippen molar-refractivity contribution >= 4 is 39.9 Å². The summed E-state index contributed by atoms with van der Waals surface area (Å²) in [5.41, 5.74) is 0.819. The fourth-order valence-corrected chi connectivity index (χ4v) is 6.93. The number of halogens is 4. The van der Waals surface area contributed by atoms with Crippen LogP contribution in [0.5, 0.6) is 0 Å². The first-order valence-corrected chi connectivity index (χ1v) is 14.5. The molecule has 3 heterocycles. The van der Waals surface area contributed by atoms with Gasteiger partial charge in [-0.05, 0) is 56.4 Å². The summed E-state index contributed by atoms with van der Waals surface area (Å²) in [6.45, 7) is 0.345. The second kappa shape index (κ2) is 11.1. The van der Waals surface area contributed by atoms with Gasteiger partial charge in [-0.1, -0.05) is 0 Å². The van der Waals surface area contributed by atoms with E-state index in [1.54, 1.807) is 17.9 Å². The molecule has 2 saturated carbocycles. The van der Waals surface area contributed by atoms with E-state index < -0.39 is 24.7 Å². The lowest BCUT2D eigenvalue weighted by Crippen LogP contribution is -2.38. The predicted molar refractivity (Wildman–Crippen MR) is 143 cm³/mol. The number of nitrogens with one attached hydrogen (secondary N) is 3. The zero-order valence-corrected chi connectivity index (χ0v) is 23.1. The third-order valence-corrected chi connectivity index (χ3v) is 9.42. The molecule has 3 aliphatic rings. The number of rotatable bonds is 9. The highest BCUT2D eigenvalue weighted by Crippen LogP contribution is 2.43. The number of anilines is 3. The first-order valence-electron chi connectivity index (χ1n) is 13.7. The molecule has 2 amide bonds. The summed E-state index contributed by atoms with van der Waals surface area (Å²) in [5, 5.41) is 21.2. The Kier molecular flexibility index (Phi) is 7.47. The normalized spacial score (nSPS) is 25.3. The topological polar surface area (TPSA) is 119 Å². The average Bonchev–Trinajstić information content (AvgIpc) is 3.60. The lowest BCUT2D eigenvalue weighted by molar-refractivity contribution is -0.124. The summed E-state index contributed by atoms with van der Waals surface area (Å²) < 4.78 is 56.1. The molecule has 3 N–H and O–H groups in total. The Morgan fingerprint density at radius 2 is 1.93 bits per heavy atom. The third kappa shape index (κ3) is 5.55. The number of amides is 2. The standard InChI is InChI=1S/C26H30F4N8O2S/c1-37-20(9-18(36-37)22(29)30)33-26-35-32-11-38(26)16-2-3-19-17(8-16)21(24(40)31-10-12-4-14(27)5-12)25(41-19)34-23(39)13-6-15(28)7-13/h9,11-16,22H,2-8,10H2,1H3,(H,31,40)(H,33,35)(H,34,39)/t12?,13?,14?,15?,16-/m0/s1. The van der Waals surface area contributed by atoms with Gasteiger partial charge in [-0.25, -0.2) is 17.6 Å². The molecule has 0 spiro atoms. The van der Waals surface area contributed by atoms with Gasteiger partial charge in [0.2, 0.25) is 11.9 Å². The van der Waals surface area contributed by atoms with Crippen LogP contribution in [-0.2, 0) is 24.7 Å². The van der Waals surface area contributed by atoms with Crippen LogP contribution in [0, 0.1) is 11.8 Å². The van der Waals surface area contributed by atoms with Crippen molar-refractivity contribution in [2.24, 2.45) is 18.9 Å². The molecule has 220 valence electrons. The minimum absolute atomic E-state index is 0.0777. The average molecular weight is 595 g/mol. The van der Waals surface area contributed by atoms with Gasteiger partial charge in [0.15, 0.2) is 0 Å². The lowest BCUT2D eigenvalue weighted by Gasteiger charge is -2.30. The Labute approximate surface area is 236 Å². The van der Waals surface area contributed by atoms with Gasteiger partial charge in [0, 0.05) is 36.5 Å². The molecule has 0 aromatic carbocycles. The van der Waals surface area contributed by atoms with Crippen molar-refractivity contribution in [1.29, 1.82) is 0 Å². The Morgan fingerprint density at radius 3 is 2.61 bits per heavy atom. The van der Waals surface area contributed by atoms with Crippen LogP contribution in [0.4, 0.5) is 34.3 Å². The number of aromatic nitrogens is 5. The van der Waals surface area contributed by atoms with Crippen molar-refractivity contribution in [2.75, 3.05) is 17.2 Å². The molecule has 0 aliphatic heterocycles. The largest absolute Gasteiger partial charge is 0.352 e. The number of fused-ring (bicyclic) bond motifs is 1. The molecule has 3 aromatic rings. The molecule has 0 radical (unpaired) electrons. The zero-order valence-electron chi connectivity index (χ0n) is 22.2. The fourth-order valence-electron chi connectivity index (χ4n) is 5.68. The lowest BCUT2D eigenvalue weighted by atomic mass is 9.83. The van der Waals surface area contributed by atoms with Crippen LogP contribution in [0.2, 0.25) is 0 Å². The van der Waals surface area contributed by atoms with Crippen molar-refractivity contribution < 1.29 is 27.2 Å². The summed E-state index contributed by atoms with van der Waals surface area (Å²) in [7, 11) is 1.54. The molecule has 0 saturated heterocycles. The number of hydrogen-bond acceptors (Lipinski definition) is 7. The molecule has 1 atom stereocenters. The minimum atomic E-state index is -2.71. The van der Waals surface area contributed by atoms with Gasteiger partial charge in [0.25, 0.3) is 12.3 Å². The molecule has 3 aliphatic carbocycles. The maximum absolute atomic E-state index is 13.5. The summed E-state index contributed by atoms with van der Waals surface area (Å²) in [4.78, 5) is 27.3. The highest BCUT2D eigenvalue weighted by Gasteiger charge is 2.37. The van der Waals surface area contributed by atoms with Crippen LogP contribution >= 0.6 is 11.3 Å². The second-order valence-corrected chi connectivity index (χ2v) is 12.2. The van der Waals surface area contributed by atoms with Crippen molar-refractivity contribution in [3.8, 4) is 0 Å². The van der Waals surface area contributed by atoms with Gasteiger partial charge in [-0.2, -0.15) is 5.10 Å². The van der Waals surface area contributed by atoms with Crippen LogP contribution < -0.4 is 16.0 Å². The van der Waals surface area contributed by atoms with Gasteiger partial charge < -0.3 is 16.0 Å². The van der Waals surface area contributed by atoms with E-state index in [-0.39, 0.29) is 42.3 Å². The number of aryl methyl sites for hydroxylation is 2. The second-order valence-electron chi connectivity index (χ2n) is 11.1. The molecular weight excluding hydrogens is 564 g/mol. The monoisotopic (exact) mass is 594 g/mol. The molecule has 2 fully saturated rings. The maximum Gasteiger partial charge on any atom is 0.282 e. The number of carbonyl (C=O) groups is 2. The van der Waals surface area contributed by atoms with Crippen LogP contribution in [-0.4, -0.2) is 55.2 Å². The molecule has 41 heavy (non-hydrogen) atoms. The van der Waals surface area contributed by atoms with Crippen molar-refractivity contribution in [3.05, 3.63) is 34.1 Å². The Morgan fingerprint density at radius 1 is 1.17 bits per heavy atom. The number of alkyl halides is 4. The quantitative estimate of drug-likeness (QED) is 0.311. The zero-order chi connectivity index (χ0) is 28.8. The van der Waals surface area contributed by atoms with E-state index in [0.29, 0.717) is 61.0 Å². The van der Waals surface area contributed by atoms with Gasteiger partial charge in [-0.3, -0.25) is 18.8 Å². The van der Waals surface area contributed by atoms with Crippen LogP contribution in [0.25, 0.3) is 0 Å². The summed E-state index contributed by atoms with van der Waals surface area (Å²) in [6.07, 6.45) is -0.0442. The van der Waals surface area contributed by atoms with Crippen LogP contribution in [0.15, 0.2) is 12.4 Å². The number of carbonyl (C=O) groups excluding carboxylic acids is 2. The molecule has 0 unspecified atom stereocenters. The van der Waals surface area contributed by atoms with Gasteiger partial charge >= 0.3 is 0 Å². The first-order chi connectivity index (χ1) is 19.7. The van der Waals surface area contributed by atoms with E-state index in [0.717, 1.165) is 10.4 Å². The van der Waals surface area contributed by atoms with E-state index in [2.05, 4.69) is 31.2 Å². The summed E-state index contributed by atoms with van der Waals surface area (Å²) in [5.74, 6) is -0.319. The summed E-state index contributed by atoms with van der Waals surface area (Å²) in [6, 6.07) is 1.09. The van der Waals surface area contributed by atoms with Gasteiger partial charge in [0.1, 0.15) is 35.2 Å². The Hall–Kier alpha value is -3.49. The number of nitrogens with zero attached hydrogens (tertiary/aromatic N) is 5. The van der Waals surface area contributed by atoms with Gasteiger partial charge in [-0.15, -0.1) is 21.5 Å². The van der Waals surface area contributed by atoms with Crippen molar-refractivity contribution in [1.82, 2.24) is 29.9 Å². The minimum Gasteiger partial charge on any atom is -0.352 e. The van der Waals surface area contributed by atoms with Gasteiger partial charge in [0.05, 0.1) is 5.56 Å². The molecule has 0 bridgehead atoms. The third-order valence-electron chi connectivity index (χ3n) is 8.21. The smallest absolute Gasteiger partial charge is 0.282 e. The van der Waals surface area contributed by atoms with E-state index in [1.165, 1.54) is 22.1 Å². The summed E-state index contributed by atoms with van der Waals surface area (Å²) >= 11 is 1.35. The first kappa shape index (κ1) is 27.7. The van der Waals surface area contributed by atoms with Crippen LogP contribution in [0.1, 0.15) is 71.1 Å². The number of thiophene rings is 1. The van der Waals surface area contributed by atoms with Crippen LogP contribution in [0.3, 0.4) is 0 Å². The maximum atomic E-state index is 13.5. The molecular formula is C26H30F4N8O2S. The Bertz CT molecular complexity index is 1440. The van der Waals surface area contributed by atoms with E-state index in [9.17, 15) is 27.2 Å². The number of hydrogen-bond donors (Lipinski definition) is 3. The Balaban J connectivity index is 1.24. The van der Waals surface area contributed by atoms with E-state index >= 15 is 0 Å². The van der Waals surface area contributed by atoms with E-state index in [1.807, 2.05) is 0 Å².